The molecule has 0 spiro atoms. The summed E-state index contributed by atoms with van der Waals surface area (Å²) in [6.45, 7) is 1.57. The highest BCUT2D eigenvalue weighted by Crippen LogP contribution is 2.16. The zero-order valence-corrected chi connectivity index (χ0v) is 12.2. The van der Waals surface area contributed by atoms with Gasteiger partial charge in [0.05, 0.1) is 11.7 Å². The number of sulfone groups is 1. The number of aliphatic carboxylic acids is 1. The summed E-state index contributed by atoms with van der Waals surface area (Å²) in [4.78, 5) is 11.2. The Morgan fingerprint density at radius 2 is 2.10 bits per heavy atom. The topological polar surface area (TPSA) is 71.4 Å². The summed E-state index contributed by atoms with van der Waals surface area (Å²) in [5, 5.41) is 9.15. The first-order valence-electron chi connectivity index (χ1n) is 6.51. The van der Waals surface area contributed by atoms with Crippen LogP contribution in [0.3, 0.4) is 0 Å². The molecule has 0 aromatic heterocycles. The second-order valence-electron chi connectivity index (χ2n) is 4.75. The van der Waals surface area contributed by atoms with Gasteiger partial charge in [0.25, 0.3) is 0 Å². The first-order valence-corrected chi connectivity index (χ1v) is 8.34. The lowest BCUT2D eigenvalue weighted by Gasteiger charge is -2.12. The van der Waals surface area contributed by atoms with Crippen molar-refractivity contribution in [2.75, 3.05) is 11.5 Å². The molecule has 0 heterocycles. The van der Waals surface area contributed by atoms with Crippen molar-refractivity contribution < 1.29 is 22.7 Å². The van der Waals surface area contributed by atoms with Gasteiger partial charge in [-0.05, 0) is 37.0 Å². The number of carbonyl (C=O) groups is 1. The van der Waals surface area contributed by atoms with E-state index in [1.807, 2.05) is 0 Å². The Morgan fingerprint density at radius 1 is 1.40 bits per heavy atom. The van der Waals surface area contributed by atoms with Crippen LogP contribution in [0.4, 0.5) is 4.39 Å². The third-order valence-electron chi connectivity index (χ3n) is 3.17. The van der Waals surface area contributed by atoms with Gasteiger partial charge in [-0.1, -0.05) is 19.1 Å². The smallest absolute Gasteiger partial charge is 0.306 e. The highest BCUT2D eigenvalue weighted by molar-refractivity contribution is 7.91. The molecule has 1 N–H and O–H groups in total. The third-order valence-corrected chi connectivity index (χ3v) is 4.96. The first-order chi connectivity index (χ1) is 9.34. The molecule has 112 valence electrons. The van der Waals surface area contributed by atoms with Crippen molar-refractivity contribution >= 4 is 15.8 Å². The Morgan fingerprint density at radius 3 is 2.65 bits per heavy atom. The van der Waals surface area contributed by atoms with Gasteiger partial charge in [0, 0.05) is 5.75 Å². The summed E-state index contributed by atoms with van der Waals surface area (Å²) in [7, 11) is -3.07. The fourth-order valence-electron chi connectivity index (χ4n) is 1.96. The van der Waals surface area contributed by atoms with E-state index >= 15 is 0 Å². The minimum absolute atomic E-state index is 0.00354. The molecule has 1 aromatic carbocycles. The molecule has 6 heteroatoms. The lowest BCUT2D eigenvalue weighted by atomic mass is 9.95. The van der Waals surface area contributed by atoms with Crippen molar-refractivity contribution in [3.05, 3.63) is 35.6 Å². The number of halogens is 1. The molecule has 0 amide bonds. The molecule has 0 bridgehead atoms. The highest BCUT2D eigenvalue weighted by Gasteiger charge is 2.19. The van der Waals surface area contributed by atoms with Crippen LogP contribution in [0.1, 0.15) is 25.3 Å². The SMILES string of the molecule is CCS(=O)(=O)CCCC(Cc1cccc(F)c1)C(=O)O. The van der Waals surface area contributed by atoms with Crippen LogP contribution in [0.25, 0.3) is 0 Å². The van der Waals surface area contributed by atoms with Crippen molar-refractivity contribution in [2.24, 2.45) is 5.92 Å². The monoisotopic (exact) mass is 302 g/mol. The van der Waals surface area contributed by atoms with Crippen molar-refractivity contribution in [1.29, 1.82) is 0 Å². The Kier molecular flexibility index (Phi) is 6.13. The minimum atomic E-state index is -3.07. The third kappa shape index (κ3) is 5.69. The van der Waals surface area contributed by atoms with Crippen LogP contribution >= 0.6 is 0 Å². The van der Waals surface area contributed by atoms with E-state index in [0.29, 0.717) is 12.0 Å². The van der Waals surface area contributed by atoms with E-state index in [2.05, 4.69) is 0 Å². The summed E-state index contributed by atoms with van der Waals surface area (Å²) in [6.07, 6.45) is 0.785. The van der Waals surface area contributed by atoms with Crippen LogP contribution in [0.15, 0.2) is 24.3 Å². The molecule has 1 atom stereocenters. The lowest BCUT2D eigenvalue weighted by molar-refractivity contribution is -0.141. The average Bonchev–Trinajstić information content (AvgIpc) is 2.37. The van der Waals surface area contributed by atoms with E-state index in [1.54, 1.807) is 13.0 Å². The quantitative estimate of drug-likeness (QED) is 0.799. The average molecular weight is 302 g/mol. The zero-order valence-electron chi connectivity index (χ0n) is 11.4. The van der Waals surface area contributed by atoms with E-state index in [4.69, 9.17) is 5.11 Å². The van der Waals surface area contributed by atoms with E-state index in [9.17, 15) is 17.6 Å². The fourth-order valence-corrected chi connectivity index (χ4v) is 2.85. The molecule has 0 fully saturated rings. The van der Waals surface area contributed by atoms with Gasteiger partial charge in [-0.15, -0.1) is 0 Å². The van der Waals surface area contributed by atoms with Crippen LogP contribution in [-0.2, 0) is 21.1 Å². The second kappa shape index (κ2) is 7.38. The lowest BCUT2D eigenvalue weighted by Crippen LogP contribution is -2.18. The minimum Gasteiger partial charge on any atom is -0.481 e. The van der Waals surface area contributed by atoms with Gasteiger partial charge in [0.15, 0.2) is 0 Å². The fraction of sp³-hybridized carbons (Fsp3) is 0.500. The number of carboxylic acids is 1. The molecule has 1 rings (SSSR count). The second-order valence-corrected chi connectivity index (χ2v) is 7.22. The standard InChI is InChI=1S/C14H19FO4S/c1-2-20(18,19)8-4-6-12(14(16)17)9-11-5-3-7-13(15)10-11/h3,5,7,10,12H,2,4,6,8-9H2,1H3,(H,16,17). The number of benzene rings is 1. The molecule has 20 heavy (non-hydrogen) atoms. The molecule has 0 aliphatic heterocycles. The molecular weight excluding hydrogens is 283 g/mol. The number of hydrogen-bond acceptors (Lipinski definition) is 3. The van der Waals surface area contributed by atoms with Gasteiger partial charge in [0.1, 0.15) is 15.7 Å². The van der Waals surface area contributed by atoms with Gasteiger partial charge < -0.3 is 5.11 Å². The highest BCUT2D eigenvalue weighted by atomic mass is 32.2. The van der Waals surface area contributed by atoms with Crippen LogP contribution in [-0.4, -0.2) is 31.0 Å². The van der Waals surface area contributed by atoms with Crippen LogP contribution in [0, 0.1) is 11.7 Å². The van der Waals surface area contributed by atoms with Gasteiger partial charge >= 0.3 is 5.97 Å². The maximum absolute atomic E-state index is 13.0. The maximum atomic E-state index is 13.0. The Balaban J connectivity index is 2.60. The van der Waals surface area contributed by atoms with E-state index in [-0.39, 0.29) is 24.3 Å². The molecule has 0 radical (unpaired) electrons. The predicted molar refractivity (Wildman–Crippen MR) is 74.8 cm³/mol. The van der Waals surface area contributed by atoms with Gasteiger partial charge in [-0.3, -0.25) is 4.79 Å². The van der Waals surface area contributed by atoms with E-state index in [0.717, 1.165) is 0 Å². The Labute approximate surface area is 118 Å². The van der Waals surface area contributed by atoms with E-state index < -0.39 is 27.5 Å². The van der Waals surface area contributed by atoms with Crippen LogP contribution in [0.2, 0.25) is 0 Å². The number of rotatable bonds is 8. The van der Waals surface area contributed by atoms with Crippen molar-refractivity contribution in [2.45, 2.75) is 26.2 Å². The predicted octanol–water partition coefficient (Wildman–Crippen LogP) is 2.28. The van der Waals surface area contributed by atoms with E-state index in [1.165, 1.54) is 18.2 Å². The molecule has 0 aliphatic carbocycles. The Hall–Kier alpha value is -1.43. The summed E-state index contributed by atoms with van der Waals surface area (Å²) >= 11 is 0. The summed E-state index contributed by atoms with van der Waals surface area (Å²) < 4.78 is 35.8. The normalized spacial score (nSPS) is 13.1. The largest absolute Gasteiger partial charge is 0.481 e. The number of carboxylic acid groups (broad SMARTS) is 1. The summed E-state index contributed by atoms with van der Waals surface area (Å²) in [6, 6.07) is 5.80. The van der Waals surface area contributed by atoms with Crippen molar-refractivity contribution in [1.82, 2.24) is 0 Å². The van der Waals surface area contributed by atoms with Crippen LogP contribution in [0.5, 0.6) is 0 Å². The molecular formula is C14H19FO4S. The molecule has 1 aromatic rings. The summed E-state index contributed by atoms with van der Waals surface area (Å²) in [5.41, 5.74) is 0.607. The van der Waals surface area contributed by atoms with Gasteiger partial charge in [-0.25, -0.2) is 12.8 Å². The maximum Gasteiger partial charge on any atom is 0.306 e. The molecule has 1 unspecified atom stereocenters. The van der Waals surface area contributed by atoms with Crippen molar-refractivity contribution in [3.63, 3.8) is 0 Å². The summed E-state index contributed by atoms with van der Waals surface area (Å²) in [5.74, 6) is -2.02. The molecule has 4 nitrogen and oxygen atoms in total. The zero-order chi connectivity index (χ0) is 15.2. The van der Waals surface area contributed by atoms with Crippen molar-refractivity contribution in [3.8, 4) is 0 Å². The molecule has 0 saturated carbocycles. The molecule has 0 saturated heterocycles. The van der Waals surface area contributed by atoms with Gasteiger partial charge in [0.2, 0.25) is 0 Å². The Bertz CT molecular complexity index is 554. The first kappa shape index (κ1) is 16.6. The van der Waals surface area contributed by atoms with Crippen LogP contribution < -0.4 is 0 Å². The number of hydrogen-bond donors (Lipinski definition) is 1. The van der Waals surface area contributed by atoms with Gasteiger partial charge in [-0.2, -0.15) is 0 Å². The molecule has 0 aliphatic rings.